The summed E-state index contributed by atoms with van der Waals surface area (Å²) in [6.07, 6.45) is 0. The molecule has 0 aliphatic carbocycles. The maximum Gasteiger partial charge on any atom is 0.270 e. The summed E-state index contributed by atoms with van der Waals surface area (Å²) in [7, 11) is 0. The predicted octanol–water partition coefficient (Wildman–Crippen LogP) is 4.07. The van der Waals surface area contributed by atoms with Gasteiger partial charge < -0.3 is 10.5 Å². The van der Waals surface area contributed by atoms with Crippen molar-refractivity contribution in [2.45, 2.75) is 0 Å². The second kappa shape index (κ2) is 7.92. The van der Waals surface area contributed by atoms with Gasteiger partial charge in [-0.25, -0.2) is 0 Å². The molecule has 0 fully saturated rings. The normalized spacial score (nSPS) is 11.0. The van der Waals surface area contributed by atoms with Gasteiger partial charge in [0.2, 0.25) is 0 Å². The second-order valence-electron chi connectivity index (χ2n) is 5.62. The molecule has 7 nitrogen and oxygen atoms in total. The molecule has 3 aromatic rings. The highest BCUT2D eigenvalue weighted by molar-refractivity contribution is 6.17. The molecular weight excluding hydrogens is 346 g/mol. The van der Waals surface area contributed by atoms with Crippen LogP contribution in [0.25, 0.3) is 0 Å². The molecule has 0 radical (unpaired) electrons. The van der Waals surface area contributed by atoms with E-state index in [1.165, 1.54) is 24.3 Å². The predicted molar refractivity (Wildman–Crippen MR) is 101 cm³/mol. The van der Waals surface area contributed by atoms with Crippen LogP contribution in [0.4, 0.5) is 11.4 Å². The maximum atomic E-state index is 12.6. The molecule has 0 spiro atoms. The Hall–Kier alpha value is -4.00. The fourth-order valence-electron chi connectivity index (χ4n) is 2.62. The summed E-state index contributed by atoms with van der Waals surface area (Å²) in [5, 5.41) is 26.5. The Bertz CT molecular complexity index is 1020. The first-order chi connectivity index (χ1) is 13.1. The first kappa shape index (κ1) is 17.8. The van der Waals surface area contributed by atoms with Crippen molar-refractivity contribution >= 4 is 23.0 Å². The summed E-state index contributed by atoms with van der Waals surface area (Å²) < 4.78 is 0. The van der Waals surface area contributed by atoms with Gasteiger partial charge in [-0.1, -0.05) is 59.8 Å². The van der Waals surface area contributed by atoms with E-state index in [0.29, 0.717) is 22.5 Å². The zero-order valence-electron chi connectivity index (χ0n) is 14.1. The fraction of sp³-hybridized carbons (Fsp3) is 0. The van der Waals surface area contributed by atoms with E-state index in [2.05, 4.69) is 10.5 Å². The van der Waals surface area contributed by atoms with E-state index in [4.69, 9.17) is 0 Å². The van der Waals surface area contributed by atoms with Gasteiger partial charge in [0.25, 0.3) is 11.6 Å². The Morgan fingerprint density at radius 1 is 0.926 bits per heavy atom. The van der Waals surface area contributed by atoms with E-state index in [1.54, 1.807) is 36.4 Å². The molecule has 3 rings (SSSR count). The minimum Gasteiger partial charge on any atom is -0.410 e. The van der Waals surface area contributed by atoms with E-state index in [1.807, 2.05) is 18.2 Å². The van der Waals surface area contributed by atoms with E-state index in [0.717, 1.165) is 0 Å². The molecule has 134 valence electrons. The molecule has 2 N–H and O–H groups in total. The lowest BCUT2D eigenvalue weighted by Crippen LogP contribution is -2.15. The smallest absolute Gasteiger partial charge is 0.270 e. The SMILES string of the molecule is O=C(Nc1ccccc1/C(=N/O)c1ccccc1)c1cccc([N+](=O)[O-])c1. The quantitative estimate of drug-likeness (QED) is 0.309. The van der Waals surface area contributed by atoms with Gasteiger partial charge in [0.15, 0.2) is 0 Å². The number of anilines is 1. The number of amides is 1. The summed E-state index contributed by atoms with van der Waals surface area (Å²) in [4.78, 5) is 22.9. The third kappa shape index (κ3) is 3.98. The number of hydrogen-bond acceptors (Lipinski definition) is 5. The summed E-state index contributed by atoms with van der Waals surface area (Å²) in [5.74, 6) is -0.503. The van der Waals surface area contributed by atoms with Gasteiger partial charge in [-0.15, -0.1) is 0 Å². The van der Waals surface area contributed by atoms with Crippen molar-refractivity contribution in [2.24, 2.45) is 5.16 Å². The molecule has 3 aromatic carbocycles. The molecule has 7 heteroatoms. The van der Waals surface area contributed by atoms with Crippen LogP contribution in [-0.4, -0.2) is 21.7 Å². The summed E-state index contributed by atoms with van der Waals surface area (Å²) in [5.41, 5.74) is 1.90. The van der Waals surface area contributed by atoms with Crippen molar-refractivity contribution < 1.29 is 14.9 Å². The van der Waals surface area contributed by atoms with Gasteiger partial charge in [-0.2, -0.15) is 0 Å². The standard InChI is InChI=1S/C20H15N3O4/c24-20(15-9-6-10-16(13-15)23(26)27)21-18-12-5-4-11-17(18)19(22-25)14-7-2-1-3-8-14/h1-13,25H,(H,21,24)/b22-19+. The summed E-state index contributed by atoms with van der Waals surface area (Å²) in [6, 6.07) is 21.4. The lowest BCUT2D eigenvalue weighted by molar-refractivity contribution is -0.384. The van der Waals surface area contributed by atoms with E-state index >= 15 is 0 Å². The van der Waals surface area contributed by atoms with Crippen LogP contribution in [0.2, 0.25) is 0 Å². The minimum atomic E-state index is -0.559. The van der Waals surface area contributed by atoms with Crippen LogP contribution in [0.3, 0.4) is 0 Å². The van der Waals surface area contributed by atoms with Gasteiger partial charge in [0.05, 0.1) is 10.6 Å². The van der Waals surface area contributed by atoms with Gasteiger partial charge in [0, 0.05) is 28.8 Å². The number of nitro groups is 1. The molecule has 0 saturated carbocycles. The highest BCUT2D eigenvalue weighted by Crippen LogP contribution is 2.22. The molecule has 0 bridgehead atoms. The molecule has 1 amide bonds. The zero-order chi connectivity index (χ0) is 19.2. The highest BCUT2D eigenvalue weighted by Gasteiger charge is 2.16. The number of carbonyl (C=O) groups excluding carboxylic acids is 1. The van der Waals surface area contributed by atoms with Gasteiger partial charge in [0.1, 0.15) is 5.71 Å². The van der Waals surface area contributed by atoms with E-state index in [9.17, 15) is 20.1 Å². The van der Waals surface area contributed by atoms with Gasteiger partial charge >= 0.3 is 0 Å². The van der Waals surface area contributed by atoms with Gasteiger partial charge in [-0.05, 0) is 12.1 Å². The molecule has 0 aliphatic heterocycles. The Balaban J connectivity index is 1.94. The third-order valence-electron chi connectivity index (χ3n) is 3.90. The number of nitrogens with one attached hydrogen (secondary N) is 1. The van der Waals surface area contributed by atoms with E-state index in [-0.39, 0.29) is 11.3 Å². The minimum absolute atomic E-state index is 0.154. The Morgan fingerprint density at radius 3 is 2.30 bits per heavy atom. The van der Waals surface area contributed by atoms with Crippen LogP contribution in [0.1, 0.15) is 21.5 Å². The Kier molecular flexibility index (Phi) is 5.22. The van der Waals surface area contributed by atoms with Crippen LogP contribution in [0.15, 0.2) is 84.0 Å². The zero-order valence-corrected chi connectivity index (χ0v) is 14.1. The van der Waals surface area contributed by atoms with Crippen LogP contribution in [0, 0.1) is 10.1 Å². The average molecular weight is 361 g/mol. The van der Waals surface area contributed by atoms with Crippen molar-refractivity contribution in [1.29, 1.82) is 0 Å². The average Bonchev–Trinajstić information content (AvgIpc) is 2.70. The number of nitro benzene ring substituents is 1. The molecule has 0 saturated heterocycles. The van der Waals surface area contributed by atoms with Crippen LogP contribution >= 0.6 is 0 Å². The van der Waals surface area contributed by atoms with Crippen molar-refractivity contribution in [1.82, 2.24) is 0 Å². The van der Waals surface area contributed by atoms with Crippen LogP contribution in [-0.2, 0) is 0 Å². The lowest BCUT2D eigenvalue weighted by atomic mass is 10.0. The van der Waals surface area contributed by atoms with Crippen LogP contribution in [0.5, 0.6) is 0 Å². The summed E-state index contributed by atoms with van der Waals surface area (Å²) >= 11 is 0. The Labute approximate surface area is 154 Å². The number of hydrogen-bond donors (Lipinski definition) is 2. The molecule has 0 heterocycles. The molecule has 0 aliphatic rings. The van der Waals surface area contributed by atoms with Crippen molar-refractivity contribution in [3.63, 3.8) is 0 Å². The largest absolute Gasteiger partial charge is 0.410 e. The van der Waals surface area contributed by atoms with Crippen molar-refractivity contribution in [3.05, 3.63) is 106 Å². The lowest BCUT2D eigenvalue weighted by Gasteiger charge is -2.12. The number of nitrogens with zero attached hydrogens (tertiary/aromatic N) is 2. The maximum absolute atomic E-state index is 12.6. The molecule has 27 heavy (non-hydrogen) atoms. The number of carbonyl (C=O) groups is 1. The number of non-ortho nitro benzene ring substituents is 1. The summed E-state index contributed by atoms with van der Waals surface area (Å²) in [6.45, 7) is 0. The van der Waals surface area contributed by atoms with Gasteiger partial charge in [-0.3, -0.25) is 14.9 Å². The number of benzene rings is 3. The first-order valence-corrected chi connectivity index (χ1v) is 8.03. The number of rotatable bonds is 5. The Morgan fingerprint density at radius 2 is 1.59 bits per heavy atom. The highest BCUT2D eigenvalue weighted by atomic mass is 16.6. The molecular formula is C20H15N3O4. The molecule has 0 atom stereocenters. The third-order valence-corrected chi connectivity index (χ3v) is 3.90. The number of para-hydroxylation sites is 1. The van der Waals surface area contributed by atoms with Crippen LogP contribution < -0.4 is 5.32 Å². The molecule has 0 aromatic heterocycles. The number of oxime groups is 1. The first-order valence-electron chi connectivity index (χ1n) is 8.03. The monoisotopic (exact) mass is 361 g/mol. The van der Waals surface area contributed by atoms with Crippen molar-refractivity contribution in [2.75, 3.05) is 5.32 Å². The fourth-order valence-corrected chi connectivity index (χ4v) is 2.62. The second-order valence-corrected chi connectivity index (χ2v) is 5.62. The van der Waals surface area contributed by atoms with Crippen molar-refractivity contribution in [3.8, 4) is 0 Å². The van der Waals surface area contributed by atoms with E-state index < -0.39 is 10.8 Å². The topological polar surface area (TPSA) is 105 Å². The molecule has 0 unspecified atom stereocenters.